The lowest BCUT2D eigenvalue weighted by Crippen LogP contribution is -2.36. The molecule has 1 atom stereocenters. The van der Waals surface area contributed by atoms with Crippen LogP contribution in [0, 0.1) is 0 Å². The van der Waals surface area contributed by atoms with Crippen molar-refractivity contribution in [2.75, 3.05) is 10.2 Å². The molecule has 96 valence electrons. The smallest absolute Gasteiger partial charge is 0.162 e. The van der Waals surface area contributed by atoms with Gasteiger partial charge in [-0.3, -0.25) is 4.79 Å². The number of halogens is 1. The molecule has 2 heterocycles. The van der Waals surface area contributed by atoms with Gasteiger partial charge >= 0.3 is 0 Å². The van der Waals surface area contributed by atoms with Crippen LogP contribution in [0.1, 0.15) is 5.56 Å². The predicted octanol–water partition coefficient (Wildman–Crippen LogP) is 2.09. The molecule has 1 aliphatic rings. The first kappa shape index (κ1) is 11.9. The van der Waals surface area contributed by atoms with Crippen molar-refractivity contribution in [1.82, 2.24) is 9.97 Å². The zero-order valence-electron chi connectivity index (χ0n) is 9.95. The number of aldehydes is 1. The Balaban J connectivity index is 1.96. The van der Waals surface area contributed by atoms with Crippen molar-refractivity contribution in [3.63, 3.8) is 0 Å². The molecule has 1 unspecified atom stereocenters. The van der Waals surface area contributed by atoms with E-state index in [1.54, 1.807) is 0 Å². The summed E-state index contributed by atoms with van der Waals surface area (Å²) in [6, 6.07) is 9.88. The molecule has 2 aromatic rings. The van der Waals surface area contributed by atoms with E-state index in [0.29, 0.717) is 23.2 Å². The lowest BCUT2D eigenvalue weighted by atomic mass is 10.2. The number of carbonyl (C=O) groups is 1. The second-order valence-corrected chi connectivity index (χ2v) is 4.56. The molecule has 19 heavy (non-hydrogen) atoms. The van der Waals surface area contributed by atoms with Gasteiger partial charge in [0.1, 0.15) is 12.0 Å². The first-order valence-corrected chi connectivity index (χ1v) is 6.20. The Morgan fingerprint density at radius 3 is 2.84 bits per heavy atom. The van der Waals surface area contributed by atoms with Crippen molar-refractivity contribution in [1.29, 1.82) is 0 Å². The fourth-order valence-electron chi connectivity index (χ4n) is 2.12. The van der Waals surface area contributed by atoms with E-state index in [-0.39, 0.29) is 0 Å². The maximum Gasteiger partial charge on any atom is 0.162 e. The fraction of sp³-hybridized carbons (Fsp3) is 0.154. The van der Waals surface area contributed by atoms with Crippen LogP contribution >= 0.6 is 11.6 Å². The van der Waals surface area contributed by atoms with Crippen LogP contribution < -0.4 is 10.2 Å². The normalized spacial score (nSPS) is 16.9. The third-order valence-electron chi connectivity index (χ3n) is 3.01. The number of nitrogens with zero attached hydrogens (tertiary/aromatic N) is 3. The van der Waals surface area contributed by atoms with E-state index in [9.17, 15) is 4.79 Å². The molecule has 1 aromatic carbocycles. The SMILES string of the molecule is O=CC1Nc2c(Cl)ncnc2N1Cc1ccccc1. The Morgan fingerprint density at radius 2 is 2.11 bits per heavy atom. The predicted molar refractivity (Wildman–Crippen MR) is 73.1 cm³/mol. The Bertz CT molecular complexity index is 605. The molecule has 5 nitrogen and oxygen atoms in total. The molecule has 0 aliphatic carbocycles. The maximum atomic E-state index is 11.2. The summed E-state index contributed by atoms with van der Waals surface area (Å²) in [6.07, 6.45) is 1.76. The maximum absolute atomic E-state index is 11.2. The van der Waals surface area contributed by atoms with Crippen LogP contribution in [-0.4, -0.2) is 22.4 Å². The summed E-state index contributed by atoms with van der Waals surface area (Å²) >= 11 is 6.00. The number of hydrogen-bond acceptors (Lipinski definition) is 5. The zero-order valence-corrected chi connectivity index (χ0v) is 10.7. The topological polar surface area (TPSA) is 58.1 Å². The molecule has 0 bridgehead atoms. The van der Waals surface area contributed by atoms with Crippen LogP contribution in [0.2, 0.25) is 5.15 Å². The standard InChI is InChI=1S/C13H11ClN4O/c14-12-11-13(16-8-15-12)18(10(7-19)17-11)6-9-4-2-1-3-5-9/h1-5,7-8,10,17H,6H2. The molecule has 0 spiro atoms. The highest BCUT2D eigenvalue weighted by molar-refractivity contribution is 6.32. The summed E-state index contributed by atoms with van der Waals surface area (Å²) in [5.74, 6) is 0.654. The van der Waals surface area contributed by atoms with E-state index in [0.717, 1.165) is 11.8 Å². The Kier molecular flexibility index (Phi) is 3.05. The molecule has 3 rings (SSSR count). The molecule has 0 fully saturated rings. The first-order chi connectivity index (χ1) is 9.29. The average Bonchev–Trinajstić information content (AvgIpc) is 2.80. The van der Waals surface area contributed by atoms with Gasteiger partial charge < -0.3 is 10.2 Å². The molecular weight excluding hydrogens is 264 g/mol. The lowest BCUT2D eigenvalue weighted by molar-refractivity contribution is -0.108. The summed E-state index contributed by atoms with van der Waals surface area (Å²) in [5, 5.41) is 3.35. The third-order valence-corrected chi connectivity index (χ3v) is 3.29. The number of hydrogen-bond donors (Lipinski definition) is 1. The van der Waals surface area contributed by atoms with Crippen LogP contribution in [0.5, 0.6) is 0 Å². The van der Waals surface area contributed by atoms with E-state index < -0.39 is 6.17 Å². The Labute approximate surface area is 115 Å². The molecule has 0 amide bonds. The minimum atomic E-state index is -0.468. The average molecular weight is 275 g/mol. The Morgan fingerprint density at radius 1 is 1.32 bits per heavy atom. The summed E-state index contributed by atoms with van der Waals surface area (Å²) in [6.45, 7) is 0.581. The van der Waals surface area contributed by atoms with Gasteiger partial charge in [0.25, 0.3) is 0 Å². The van der Waals surface area contributed by atoms with E-state index in [4.69, 9.17) is 11.6 Å². The molecule has 1 aromatic heterocycles. The van der Waals surface area contributed by atoms with Crippen molar-refractivity contribution in [2.45, 2.75) is 12.7 Å². The van der Waals surface area contributed by atoms with E-state index >= 15 is 0 Å². The summed E-state index contributed by atoms with van der Waals surface area (Å²) < 4.78 is 0. The van der Waals surface area contributed by atoms with Crippen molar-refractivity contribution in [3.8, 4) is 0 Å². The molecule has 1 aliphatic heterocycles. The molecule has 0 saturated heterocycles. The van der Waals surface area contributed by atoms with Gasteiger partial charge in [0.2, 0.25) is 0 Å². The van der Waals surface area contributed by atoms with Crippen LogP contribution in [0.15, 0.2) is 36.7 Å². The number of aromatic nitrogens is 2. The highest BCUT2D eigenvalue weighted by Gasteiger charge is 2.31. The fourth-order valence-corrected chi connectivity index (χ4v) is 2.30. The summed E-state index contributed by atoms with van der Waals surface area (Å²) in [5.41, 5.74) is 1.70. The van der Waals surface area contributed by atoms with Crippen LogP contribution in [0.25, 0.3) is 0 Å². The van der Waals surface area contributed by atoms with Crippen LogP contribution in [0.3, 0.4) is 0 Å². The number of rotatable bonds is 3. The van der Waals surface area contributed by atoms with Gasteiger partial charge in [0, 0.05) is 6.54 Å². The number of nitrogens with one attached hydrogen (secondary N) is 1. The van der Waals surface area contributed by atoms with Crippen molar-refractivity contribution in [2.24, 2.45) is 0 Å². The van der Waals surface area contributed by atoms with Gasteiger partial charge in [0.15, 0.2) is 23.4 Å². The van der Waals surface area contributed by atoms with Gasteiger partial charge in [-0.2, -0.15) is 0 Å². The Hall–Kier alpha value is -2.14. The summed E-state index contributed by atoms with van der Waals surface area (Å²) in [4.78, 5) is 21.2. The first-order valence-electron chi connectivity index (χ1n) is 5.82. The van der Waals surface area contributed by atoms with E-state index in [2.05, 4.69) is 15.3 Å². The second kappa shape index (κ2) is 4.85. The van der Waals surface area contributed by atoms with E-state index in [1.165, 1.54) is 6.33 Å². The number of benzene rings is 1. The van der Waals surface area contributed by atoms with Gasteiger partial charge in [0.05, 0.1) is 0 Å². The third kappa shape index (κ3) is 2.13. The molecular formula is C13H11ClN4O. The largest absolute Gasteiger partial charge is 0.354 e. The minimum absolute atomic E-state index is 0.326. The minimum Gasteiger partial charge on any atom is -0.354 e. The quantitative estimate of drug-likeness (QED) is 0.686. The molecule has 1 N–H and O–H groups in total. The highest BCUT2D eigenvalue weighted by Crippen LogP contribution is 2.36. The monoisotopic (exact) mass is 274 g/mol. The van der Waals surface area contributed by atoms with Crippen LogP contribution in [0.4, 0.5) is 11.5 Å². The zero-order chi connectivity index (χ0) is 13.2. The number of anilines is 2. The highest BCUT2D eigenvalue weighted by atomic mass is 35.5. The summed E-state index contributed by atoms with van der Waals surface area (Å²) in [7, 11) is 0. The van der Waals surface area contributed by atoms with Gasteiger partial charge in [-0.25, -0.2) is 9.97 Å². The van der Waals surface area contributed by atoms with Gasteiger partial charge in [-0.1, -0.05) is 41.9 Å². The second-order valence-electron chi connectivity index (χ2n) is 4.20. The lowest BCUT2D eigenvalue weighted by Gasteiger charge is -2.21. The molecule has 0 radical (unpaired) electrons. The van der Waals surface area contributed by atoms with Crippen LogP contribution in [-0.2, 0) is 11.3 Å². The van der Waals surface area contributed by atoms with Crippen molar-refractivity contribution in [3.05, 3.63) is 47.4 Å². The van der Waals surface area contributed by atoms with Crippen molar-refractivity contribution >= 4 is 29.4 Å². The van der Waals surface area contributed by atoms with Gasteiger partial charge in [-0.05, 0) is 5.56 Å². The molecule has 6 heteroatoms. The van der Waals surface area contributed by atoms with E-state index in [1.807, 2.05) is 35.2 Å². The van der Waals surface area contributed by atoms with Crippen molar-refractivity contribution < 1.29 is 4.79 Å². The number of fused-ring (bicyclic) bond motifs is 1. The van der Waals surface area contributed by atoms with Gasteiger partial charge in [-0.15, -0.1) is 0 Å². The molecule has 0 saturated carbocycles. The number of carbonyl (C=O) groups excluding carboxylic acids is 1.